The van der Waals surface area contributed by atoms with Crippen molar-refractivity contribution < 1.29 is 61.7 Å². The second-order valence-electron chi connectivity index (χ2n) is 19.1. The number of aliphatic hydroxyl groups is 1. The van der Waals surface area contributed by atoms with Crippen LogP contribution in [0, 0.1) is 41.3 Å². The number of aliphatic hydroxyl groups excluding tert-OH is 1. The number of nitrogens with zero attached hydrogens (tertiary/aromatic N) is 1. The summed E-state index contributed by atoms with van der Waals surface area (Å²) in [5.41, 5.74) is 0.933. The Morgan fingerprint density at radius 1 is 0.889 bits per heavy atom. The van der Waals surface area contributed by atoms with Gasteiger partial charge in [0.05, 0.1) is 55.8 Å². The number of carbonyl (C=O) groups is 2. The molecule has 2 N–H and O–H groups in total. The molecule has 63 heavy (non-hydrogen) atoms. The summed E-state index contributed by atoms with van der Waals surface area (Å²) < 4.78 is 70.8. The van der Waals surface area contributed by atoms with E-state index in [4.69, 9.17) is 42.6 Å². The van der Waals surface area contributed by atoms with Gasteiger partial charge in [0.2, 0.25) is 0 Å². The summed E-state index contributed by atoms with van der Waals surface area (Å²) in [6.07, 6.45) is 2.20. The minimum absolute atomic E-state index is 0.0362. The number of ether oxygens (including phenoxy) is 9. The van der Waals surface area contributed by atoms with Crippen LogP contribution >= 0.6 is 0 Å². The predicted octanol–water partition coefficient (Wildman–Crippen LogP) is 5.92. The number of nitrogens with one attached hydrogen (secondary N) is 1. The molecule has 15 heteroatoms. The van der Waals surface area contributed by atoms with E-state index in [2.05, 4.69) is 31.2 Å². The molecule has 1 aromatic carbocycles. The van der Waals surface area contributed by atoms with Crippen molar-refractivity contribution in [3.8, 4) is 5.75 Å². The molecule has 0 spiro atoms. The van der Waals surface area contributed by atoms with Gasteiger partial charge in [0.25, 0.3) is 0 Å². The van der Waals surface area contributed by atoms with Crippen molar-refractivity contribution in [2.24, 2.45) is 35.5 Å². The second-order valence-corrected chi connectivity index (χ2v) is 19.1. The Hall–Kier alpha value is -2.73. The lowest BCUT2D eigenvalue weighted by molar-refractivity contribution is -0.314. The molecule has 3 saturated heterocycles. The third-order valence-corrected chi connectivity index (χ3v) is 15.4. The predicted molar refractivity (Wildman–Crippen MR) is 231 cm³/mol. The number of esters is 1. The van der Waals surface area contributed by atoms with E-state index >= 15 is 9.18 Å². The van der Waals surface area contributed by atoms with Crippen LogP contribution in [0.2, 0.25) is 0 Å². The van der Waals surface area contributed by atoms with Gasteiger partial charge in [0.15, 0.2) is 29.9 Å². The third kappa shape index (κ3) is 9.88. The van der Waals surface area contributed by atoms with E-state index in [-0.39, 0.29) is 78.2 Å². The van der Waals surface area contributed by atoms with Crippen LogP contribution in [-0.4, -0.2) is 144 Å². The maximum absolute atomic E-state index is 15.2. The fraction of sp³-hybridized carbons (Fsp3) is 0.792. The Balaban J connectivity index is 1.22. The van der Waals surface area contributed by atoms with Crippen molar-refractivity contribution in [1.82, 2.24) is 4.90 Å². The van der Waals surface area contributed by atoms with Gasteiger partial charge < -0.3 is 58.0 Å². The van der Waals surface area contributed by atoms with E-state index in [0.717, 1.165) is 12.8 Å². The summed E-state index contributed by atoms with van der Waals surface area (Å²) in [5.74, 6) is -3.26. The van der Waals surface area contributed by atoms with Crippen molar-refractivity contribution in [3.63, 3.8) is 0 Å². The number of anilines is 1. The first-order chi connectivity index (χ1) is 30.2. The Morgan fingerprint density at radius 3 is 2.29 bits per heavy atom. The van der Waals surface area contributed by atoms with E-state index in [1.54, 1.807) is 33.5 Å². The van der Waals surface area contributed by atoms with Gasteiger partial charge >= 0.3 is 5.97 Å². The van der Waals surface area contributed by atoms with Gasteiger partial charge in [-0.25, -0.2) is 4.39 Å². The number of hydrogen-bond donors (Lipinski definition) is 2. The van der Waals surface area contributed by atoms with E-state index in [1.165, 1.54) is 13.2 Å². The highest BCUT2D eigenvalue weighted by molar-refractivity contribution is 5.99. The van der Waals surface area contributed by atoms with Gasteiger partial charge in [-0.05, 0) is 115 Å². The first-order valence-corrected chi connectivity index (χ1v) is 23.3. The molecule has 3 aliphatic heterocycles. The fourth-order valence-corrected chi connectivity index (χ4v) is 12.2. The van der Waals surface area contributed by atoms with Crippen LogP contribution in [0.5, 0.6) is 5.75 Å². The van der Waals surface area contributed by atoms with Crippen molar-refractivity contribution in [1.29, 1.82) is 0 Å². The largest absolute Gasteiger partial charge is 0.492 e. The maximum Gasteiger partial charge on any atom is 0.306 e. The Labute approximate surface area is 373 Å². The van der Waals surface area contributed by atoms with Gasteiger partial charge in [0, 0.05) is 45.1 Å². The minimum atomic E-state index is -1.06. The van der Waals surface area contributed by atoms with Crippen molar-refractivity contribution in [2.75, 3.05) is 47.9 Å². The zero-order valence-electron chi connectivity index (χ0n) is 38.9. The number of carbonyl (C=O) groups excluding carboxylic acids is 2. The van der Waals surface area contributed by atoms with E-state index in [9.17, 15) is 9.90 Å². The molecule has 0 amide bonds. The lowest BCUT2D eigenvalue weighted by Gasteiger charge is -2.47. The molecule has 354 valence electrons. The van der Waals surface area contributed by atoms with Crippen LogP contribution in [0.15, 0.2) is 29.8 Å². The summed E-state index contributed by atoms with van der Waals surface area (Å²) in [6, 6.07) is 4.31. The summed E-state index contributed by atoms with van der Waals surface area (Å²) in [7, 11) is 10.4. The summed E-state index contributed by atoms with van der Waals surface area (Å²) >= 11 is 0. The van der Waals surface area contributed by atoms with Crippen LogP contribution < -0.4 is 10.1 Å². The molecule has 0 radical (unpaired) electrons. The van der Waals surface area contributed by atoms with Gasteiger partial charge in [-0.3, -0.25) is 9.59 Å². The standard InChI is InChI=1S/C48H73FN2O12/c1-11-27-14-12-17-37(63-39-19-18-36(51(5)6)25(3)59-39)24(2)42(53)33-22-30-29-20-28(62-48-47(58-10)46(57-9)44(55-7)26(4)60-48)21-32(29)41(43(54)40(30)31(33)23-38(52)61-27)50-35-16-13-15-34(49)45(35)56-8/h13,15-16,22,24-32,36-37,39-41,43-44,46-48,50,54H,11-12,14,17-21,23H2,1-10H3/t24-,25?,26?,27+,28+,29+,30+,31-,32-,36+,37+,39?,40-,41+,43+,44+,46?,47?,48+/m1/s1. The van der Waals surface area contributed by atoms with Gasteiger partial charge in [-0.1, -0.05) is 26.0 Å². The highest BCUT2D eigenvalue weighted by Gasteiger charge is 2.60. The zero-order chi connectivity index (χ0) is 45.3. The molecule has 14 nitrogen and oxygen atoms in total. The number of ketones is 1. The maximum atomic E-state index is 15.2. The number of halogens is 1. The summed E-state index contributed by atoms with van der Waals surface area (Å²) in [5, 5.41) is 16.3. The smallest absolute Gasteiger partial charge is 0.306 e. The van der Waals surface area contributed by atoms with Crippen molar-refractivity contribution >= 4 is 17.4 Å². The van der Waals surface area contributed by atoms with Crippen LogP contribution in [0.4, 0.5) is 10.1 Å². The highest BCUT2D eigenvalue weighted by atomic mass is 19.1. The van der Waals surface area contributed by atoms with Gasteiger partial charge in [0.1, 0.15) is 24.4 Å². The molecule has 0 bridgehead atoms. The first-order valence-electron chi connectivity index (χ1n) is 23.3. The number of para-hydroxylation sites is 1. The number of hydrogen-bond acceptors (Lipinski definition) is 14. The average Bonchev–Trinajstić information content (AvgIpc) is 3.84. The van der Waals surface area contributed by atoms with Gasteiger partial charge in [-0.15, -0.1) is 0 Å². The monoisotopic (exact) mass is 889 g/mol. The Bertz CT molecular complexity index is 1750. The highest BCUT2D eigenvalue weighted by Crippen LogP contribution is 2.58. The molecule has 19 atom stereocenters. The molecule has 0 aromatic heterocycles. The number of cyclic esters (lactones) is 1. The molecule has 5 fully saturated rings. The zero-order valence-corrected chi connectivity index (χ0v) is 38.9. The number of benzene rings is 1. The Kier molecular flexibility index (Phi) is 15.9. The Morgan fingerprint density at radius 2 is 1.62 bits per heavy atom. The number of fused-ring (bicyclic) bond motifs is 5. The number of allylic oxidation sites excluding steroid dienone is 2. The molecule has 3 heterocycles. The molecular weight excluding hydrogens is 816 g/mol. The van der Waals surface area contributed by atoms with Crippen LogP contribution in [0.3, 0.4) is 0 Å². The fourth-order valence-electron chi connectivity index (χ4n) is 12.2. The molecule has 3 aliphatic carbocycles. The summed E-state index contributed by atoms with van der Waals surface area (Å²) in [6.45, 7) is 7.93. The molecule has 2 saturated carbocycles. The normalized spacial score (nSPS) is 42.3. The number of methoxy groups -OCH3 is 4. The van der Waals surface area contributed by atoms with Crippen LogP contribution in [0.25, 0.3) is 0 Å². The molecule has 5 unspecified atom stereocenters. The molecule has 1 aromatic rings. The second kappa shape index (κ2) is 20.8. The van der Waals surface area contributed by atoms with Crippen molar-refractivity contribution in [2.45, 2.75) is 165 Å². The quantitative estimate of drug-likeness (QED) is 0.239. The van der Waals surface area contributed by atoms with Crippen LogP contribution in [0.1, 0.15) is 85.5 Å². The lowest BCUT2D eigenvalue weighted by atomic mass is 9.62. The molecular formula is C48H73FN2O12. The van der Waals surface area contributed by atoms with E-state index in [1.807, 2.05) is 26.8 Å². The van der Waals surface area contributed by atoms with Gasteiger partial charge in [-0.2, -0.15) is 0 Å². The SMILES string of the molecule is CC[C@H]1CCC[C@H](OC2CC[C@H](N(C)C)C(C)O2)[C@@H](C)C(=O)C2=C[C@H]3[C@@H]4C[C@H](O[C@@H]5OC(C)[C@H](OC)C(OC)C5OC)C[C@H]4[C@H](Nc4cccc(F)c4OC)[C@@H](O)[C@H]3[C@@H]2CC(=O)O1. The summed E-state index contributed by atoms with van der Waals surface area (Å²) in [4.78, 5) is 31.3. The van der Waals surface area contributed by atoms with Crippen LogP contribution in [-0.2, 0) is 47.5 Å². The first kappa shape index (κ1) is 48.2. The minimum Gasteiger partial charge on any atom is -0.492 e. The number of rotatable bonds is 12. The average molecular weight is 889 g/mol. The topological polar surface area (TPSA) is 153 Å². The third-order valence-electron chi connectivity index (χ3n) is 15.4. The van der Waals surface area contributed by atoms with E-state index < -0.39 is 66.6 Å². The molecule has 6 aliphatic rings. The molecule has 7 rings (SSSR count). The lowest BCUT2D eigenvalue weighted by Crippen LogP contribution is -2.59. The van der Waals surface area contributed by atoms with Crippen molar-refractivity contribution in [3.05, 3.63) is 35.7 Å². The number of Topliss-reactive ketones (excluding diaryl/α,β-unsaturated/α-hetero) is 1. The van der Waals surface area contributed by atoms with E-state index in [0.29, 0.717) is 49.8 Å². The number of likely N-dealkylation sites (N-methyl/N-ethyl adjacent to an activating group) is 1.